The number of allylic oxidation sites excluding steroid dienone is 1. The highest BCUT2D eigenvalue weighted by Crippen LogP contribution is 2.31. The first-order valence-corrected chi connectivity index (χ1v) is 26.9. The molecule has 6 unspecified atom stereocenters. The number of rotatable bonds is 42. The van der Waals surface area contributed by atoms with Crippen molar-refractivity contribution in [1.29, 1.82) is 0 Å². The molecule has 12 nitrogen and oxygen atoms in total. The number of hydrogen-bond acceptors (Lipinski definition) is 12. The van der Waals surface area contributed by atoms with Crippen molar-refractivity contribution in [3.05, 3.63) is 23.2 Å². The molecule has 0 radical (unpaired) electrons. The van der Waals surface area contributed by atoms with Gasteiger partial charge in [0.1, 0.15) is 18.8 Å². The molecule has 9 atom stereocenters. The summed E-state index contributed by atoms with van der Waals surface area (Å²) in [6, 6.07) is 0. The van der Waals surface area contributed by atoms with Crippen molar-refractivity contribution in [3.8, 4) is 0 Å². The van der Waals surface area contributed by atoms with Gasteiger partial charge in [0.05, 0.1) is 6.61 Å². The van der Waals surface area contributed by atoms with Crippen molar-refractivity contribution in [2.24, 2.45) is 17.8 Å². The maximum absolute atomic E-state index is 13.6. The lowest BCUT2D eigenvalue weighted by Gasteiger charge is -2.43. The van der Waals surface area contributed by atoms with Gasteiger partial charge in [-0.15, -0.1) is 0 Å². The number of esters is 2. The summed E-state index contributed by atoms with van der Waals surface area (Å²) in [5.74, 6) is -2.47. The van der Waals surface area contributed by atoms with Gasteiger partial charge in [0.2, 0.25) is 12.6 Å². The number of carbonyl (C=O) groups excluding carboxylic acids is 2. The Labute approximate surface area is 401 Å². The van der Waals surface area contributed by atoms with E-state index >= 15 is 0 Å². The van der Waals surface area contributed by atoms with Crippen molar-refractivity contribution >= 4 is 11.9 Å². The Balaban J connectivity index is 2.73. The lowest BCUT2D eigenvalue weighted by Crippen LogP contribution is -2.62. The van der Waals surface area contributed by atoms with Crippen molar-refractivity contribution in [1.82, 2.24) is 0 Å². The van der Waals surface area contributed by atoms with Crippen LogP contribution in [0.4, 0.5) is 0 Å². The van der Waals surface area contributed by atoms with Gasteiger partial charge in [-0.3, -0.25) is 4.79 Å². The van der Waals surface area contributed by atoms with Gasteiger partial charge in [-0.1, -0.05) is 214 Å². The van der Waals surface area contributed by atoms with E-state index in [1.54, 1.807) is 6.92 Å². The second-order valence-electron chi connectivity index (χ2n) is 19.9. The number of aliphatic hydroxyl groups excluding tert-OH is 6. The first kappa shape index (κ1) is 61.8. The third-order valence-electron chi connectivity index (χ3n) is 13.2. The van der Waals surface area contributed by atoms with Crippen LogP contribution in [0, 0.1) is 17.8 Å². The molecule has 12 heteroatoms. The van der Waals surface area contributed by atoms with Gasteiger partial charge in [0.15, 0.2) is 23.7 Å². The number of aliphatic hydroxyl groups is 6. The minimum Gasteiger partial charge on any atom is -0.506 e. The van der Waals surface area contributed by atoms with Gasteiger partial charge in [-0.2, -0.15) is 0 Å². The predicted octanol–water partition coefficient (Wildman–Crippen LogP) is 12.5. The molecule has 0 aromatic heterocycles. The molecule has 66 heavy (non-hydrogen) atoms. The zero-order chi connectivity index (χ0) is 49.0. The molecular formula is C54H100O12. The van der Waals surface area contributed by atoms with E-state index in [-0.39, 0.29) is 17.9 Å². The van der Waals surface area contributed by atoms with Gasteiger partial charge in [0, 0.05) is 12.0 Å². The largest absolute Gasteiger partial charge is 0.506 e. The molecule has 0 aliphatic carbocycles. The Morgan fingerprint density at radius 2 is 1.08 bits per heavy atom. The van der Waals surface area contributed by atoms with E-state index in [0.29, 0.717) is 18.3 Å². The van der Waals surface area contributed by atoms with Crippen LogP contribution < -0.4 is 0 Å². The molecule has 1 fully saturated rings. The maximum atomic E-state index is 13.6. The van der Waals surface area contributed by atoms with E-state index in [1.165, 1.54) is 148 Å². The van der Waals surface area contributed by atoms with Crippen LogP contribution in [0.25, 0.3) is 0 Å². The number of carbonyl (C=O) groups is 2. The average molecular weight is 941 g/mol. The topological polar surface area (TPSA) is 192 Å². The van der Waals surface area contributed by atoms with E-state index < -0.39 is 73.7 Å². The summed E-state index contributed by atoms with van der Waals surface area (Å²) >= 11 is 0. The minimum absolute atomic E-state index is 0.0207. The molecule has 1 aliphatic rings. The first-order chi connectivity index (χ1) is 31.8. The van der Waals surface area contributed by atoms with Crippen molar-refractivity contribution < 1.29 is 59.2 Å². The van der Waals surface area contributed by atoms with Gasteiger partial charge in [0.25, 0.3) is 0 Å². The molecule has 0 bridgehead atoms. The molecule has 6 N–H and O–H groups in total. The van der Waals surface area contributed by atoms with E-state index in [9.17, 15) is 40.2 Å². The summed E-state index contributed by atoms with van der Waals surface area (Å²) in [4.78, 5) is 26.9. The minimum atomic E-state index is -2.26. The summed E-state index contributed by atoms with van der Waals surface area (Å²) in [6.45, 7) is 11.0. The smallest absolute Gasteiger partial charge is 0.333 e. The Hall–Kier alpha value is -2.22. The quantitative estimate of drug-likeness (QED) is 0.0112. The lowest BCUT2D eigenvalue weighted by molar-refractivity contribution is -0.331. The third-order valence-corrected chi connectivity index (χ3v) is 13.2. The summed E-state index contributed by atoms with van der Waals surface area (Å²) < 4.78 is 22.6. The monoisotopic (exact) mass is 941 g/mol. The average Bonchev–Trinajstić information content (AvgIpc) is 3.29. The normalized spacial score (nSPS) is 21.2. The highest BCUT2D eigenvalue weighted by Gasteiger charge is 2.51. The second-order valence-corrected chi connectivity index (χ2v) is 19.9. The highest BCUT2D eigenvalue weighted by molar-refractivity contribution is 5.88. The molecule has 0 saturated carbocycles. The zero-order valence-electron chi connectivity index (χ0n) is 42.7. The zero-order valence-corrected chi connectivity index (χ0v) is 42.7. The van der Waals surface area contributed by atoms with Crippen molar-refractivity contribution in [3.63, 3.8) is 0 Å². The fourth-order valence-electron chi connectivity index (χ4n) is 9.33. The van der Waals surface area contributed by atoms with Gasteiger partial charge in [-0.05, 0) is 43.9 Å². The fourth-order valence-corrected chi connectivity index (χ4v) is 9.33. The SMILES string of the molecule is CCCCCCCCCCCCCCCC[C@H](C)C[C@H](C)C[C@H](C)/C=C(\C)C(=O)OC1C(O)C(CO)OC(OC(O)/C(O)=C(\O)CO)C1OC(=O)CCCCCCCCCCCCCCC. The van der Waals surface area contributed by atoms with Crippen LogP contribution in [-0.4, -0.2) is 92.8 Å². The molecule has 1 saturated heterocycles. The molecule has 0 aromatic carbocycles. The molecule has 388 valence electrons. The maximum Gasteiger partial charge on any atom is 0.333 e. The molecule has 1 heterocycles. The third kappa shape index (κ3) is 29.0. The fraction of sp³-hybridized carbons (Fsp3) is 0.889. The van der Waals surface area contributed by atoms with Gasteiger partial charge in [-0.25, -0.2) is 4.79 Å². The van der Waals surface area contributed by atoms with Gasteiger partial charge < -0.3 is 49.6 Å². The van der Waals surface area contributed by atoms with Crippen LogP contribution in [0.15, 0.2) is 23.2 Å². The second kappa shape index (κ2) is 39.6. The highest BCUT2D eigenvalue weighted by atomic mass is 16.8. The van der Waals surface area contributed by atoms with Crippen LogP contribution in [0.1, 0.15) is 241 Å². The summed E-state index contributed by atoms with van der Waals surface area (Å²) in [6.07, 6.45) is 28.4. The standard InChI is InChI=1S/C54H100O12/c1-7-9-11-13-15-17-19-21-23-24-26-28-30-32-34-41(3)36-42(4)37-43(5)38-44(6)52(61)65-50-49(60)46(40-56)63-54(66-53(62)48(59)45(57)39-55)51(50)64-47(58)35-33-31-29-27-25-22-20-18-16-14-12-10-8-2/h38,41-43,46,49-51,53-57,59-60,62H,7-37,39-40H2,1-6H3/b44-38+,48-45+/t41-,42-,43-,46?,49?,50?,51?,53?,54?/m0/s1. The van der Waals surface area contributed by atoms with Crippen LogP contribution in [0.3, 0.4) is 0 Å². The Kier molecular flexibility index (Phi) is 37.1. The van der Waals surface area contributed by atoms with E-state index in [2.05, 4.69) is 27.7 Å². The predicted molar refractivity (Wildman–Crippen MR) is 264 cm³/mol. The number of unbranched alkanes of at least 4 members (excludes halogenated alkanes) is 25. The van der Waals surface area contributed by atoms with E-state index in [0.717, 1.165) is 38.5 Å². The summed E-state index contributed by atoms with van der Waals surface area (Å²) in [7, 11) is 0. The molecule has 1 rings (SSSR count). The Morgan fingerprint density at radius 1 is 0.621 bits per heavy atom. The van der Waals surface area contributed by atoms with Crippen LogP contribution in [0.5, 0.6) is 0 Å². The summed E-state index contributed by atoms with van der Waals surface area (Å²) in [5.41, 5.74) is 0.285. The number of ether oxygens (including phenoxy) is 4. The van der Waals surface area contributed by atoms with E-state index in [1.807, 2.05) is 13.0 Å². The van der Waals surface area contributed by atoms with E-state index in [4.69, 9.17) is 18.9 Å². The lowest BCUT2D eigenvalue weighted by atomic mass is 9.86. The van der Waals surface area contributed by atoms with Crippen molar-refractivity contribution in [2.75, 3.05) is 13.2 Å². The molecule has 0 aromatic rings. The Morgan fingerprint density at radius 3 is 1.53 bits per heavy atom. The van der Waals surface area contributed by atoms with Crippen LogP contribution in [0.2, 0.25) is 0 Å². The molecule has 0 spiro atoms. The first-order valence-electron chi connectivity index (χ1n) is 26.9. The molecule has 1 aliphatic heterocycles. The Bertz CT molecular complexity index is 1270. The molecule has 0 amide bonds. The van der Waals surface area contributed by atoms with Crippen molar-refractivity contribution in [2.45, 2.75) is 278 Å². The number of hydrogen-bond donors (Lipinski definition) is 6. The van der Waals surface area contributed by atoms with Crippen LogP contribution in [-0.2, 0) is 28.5 Å². The summed E-state index contributed by atoms with van der Waals surface area (Å²) in [5, 5.41) is 61.1. The van der Waals surface area contributed by atoms with Crippen LogP contribution >= 0.6 is 0 Å². The molecular weight excluding hydrogens is 841 g/mol. The van der Waals surface area contributed by atoms with Gasteiger partial charge >= 0.3 is 11.9 Å².